The van der Waals surface area contributed by atoms with Gasteiger partial charge in [-0.2, -0.15) is 0 Å². The van der Waals surface area contributed by atoms with Gasteiger partial charge in [0.05, 0.1) is 12.1 Å². The van der Waals surface area contributed by atoms with E-state index in [1.165, 1.54) is 0 Å². The molecule has 0 spiro atoms. The van der Waals surface area contributed by atoms with Gasteiger partial charge in [-0.05, 0) is 47.5 Å². The summed E-state index contributed by atoms with van der Waals surface area (Å²) in [6.45, 7) is 0. The van der Waals surface area contributed by atoms with E-state index < -0.39 is 0 Å². The van der Waals surface area contributed by atoms with Gasteiger partial charge in [-0.15, -0.1) is 0 Å². The SMILES string of the molecule is Clc1ccccc1C(Nc1ccccc1)C(Nc1ccccc1)c1ccccc1Cl. The van der Waals surface area contributed by atoms with Crippen molar-refractivity contribution in [2.24, 2.45) is 0 Å². The molecule has 0 saturated heterocycles. The van der Waals surface area contributed by atoms with E-state index in [4.69, 9.17) is 23.2 Å². The first kappa shape index (κ1) is 20.3. The van der Waals surface area contributed by atoms with E-state index in [1.807, 2.05) is 72.8 Å². The van der Waals surface area contributed by atoms with E-state index in [-0.39, 0.29) is 12.1 Å². The fraction of sp³-hybridized carbons (Fsp3) is 0.0769. The number of anilines is 2. The second-order valence-electron chi connectivity index (χ2n) is 7.02. The number of halogens is 2. The second kappa shape index (κ2) is 9.71. The molecule has 0 bridgehead atoms. The molecule has 150 valence electrons. The van der Waals surface area contributed by atoms with Crippen molar-refractivity contribution in [2.45, 2.75) is 12.1 Å². The first-order valence-corrected chi connectivity index (χ1v) is 10.6. The Bertz CT molecular complexity index is 995. The van der Waals surface area contributed by atoms with E-state index in [0.29, 0.717) is 10.0 Å². The lowest BCUT2D eigenvalue weighted by molar-refractivity contribution is 0.650. The van der Waals surface area contributed by atoms with Crippen molar-refractivity contribution in [2.75, 3.05) is 10.6 Å². The monoisotopic (exact) mass is 432 g/mol. The zero-order valence-electron chi connectivity index (χ0n) is 16.3. The van der Waals surface area contributed by atoms with Crippen molar-refractivity contribution in [1.82, 2.24) is 0 Å². The van der Waals surface area contributed by atoms with E-state index in [1.54, 1.807) is 0 Å². The maximum absolute atomic E-state index is 6.66. The summed E-state index contributed by atoms with van der Waals surface area (Å²) in [6, 6.07) is 35.8. The average molecular weight is 433 g/mol. The fourth-order valence-corrected chi connectivity index (χ4v) is 4.07. The number of hydrogen-bond donors (Lipinski definition) is 2. The summed E-state index contributed by atoms with van der Waals surface area (Å²) in [4.78, 5) is 0. The van der Waals surface area contributed by atoms with E-state index >= 15 is 0 Å². The molecule has 0 amide bonds. The Morgan fingerprint density at radius 1 is 0.433 bits per heavy atom. The van der Waals surface area contributed by atoms with Gasteiger partial charge < -0.3 is 10.6 Å². The number of rotatable bonds is 7. The van der Waals surface area contributed by atoms with Crippen LogP contribution >= 0.6 is 23.2 Å². The van der Waals surface area contributed by atoms with Gasteiger partial charge in [0.1, 0.15) is 0 Å². The van der Waals surface area contributed by atoms with Crippen LogP contribution in [0.25, 0.3) is 0 Å². The Hall–Kier alpha value is -2.94. The van der Waals surface area contributed by atoms with Crippen LogP contribution in [-0.2, 0) is 0 Å². The fourth-order valence-electron chi connectivity index (χ4n) is 3.56. The Labute approximate surface area is 187 Å². The van der Waals surface area contributed by atoms with E-state index in [2.05, 4.69) is 47.0 Å². The molecule has 2 unspecified atom stereocenters. The van der Waals surface area contributed by atoms with Crippen LogP contribution in [0.3, 0.4) is 0 Å². The summed E-state index contributed by atoms with van der Waals surface area (Å²) < 4.78 is 0. The lowest BCUT2D eigenvalue weighted by Gasteiger charge is -2.32. The number of para-hydroxylation sites is 2. The van der Waals surface area contributed by atoms with Crippen LogP contribution in [0.15, 0.2) is 109 Å². The largest absolute Gasteiger partial charge is 0.376 e. The molecule has 4 aromatic rings. The first-order valence-electron chi connectivity index (χ1n) is 9.84. The number of hydrogen-bond acceptors (Lipinski definition) is 2. The van der Waals surface area contributed by atoms with Crippen LogP contribution in [0, 0.1) is 0 Å². The van der Waals surface area contributed by atoms with Crippen molar-refractivity contribution in [1.29, 1.82) is 0 Å². The predicted molar refractivity (Wildman–Crippen MR) is 129 cm³/mol. The molecule has 0 aliphatic rings. The van der Waals surface area contributed by atoms with Crippen LogP contribution < -0.4 is 10.6 Å². The topological polar surface area (TPSA) is 24.1 Å². The molecule has 0 heterocycles. The van der Waals surface area contributed by atoms with Crippen LogP contribution in [-0.4, -0.2) is 0 Å². The third-order valence-electron chi connectivity index (χ3n) is 5.01. The molecule has 2 atom stereocenters. The molecule has 0 aliphatic carbocycles. The van der Waals surface area contributed by atoms with Crippen molar-refractivity contribution >= 4 is 34.6 Å². The molecule has 30 heavy (non-hydrogen) atoms. The third kappa shape index (κ3) is 4.79. The van der Waals surface area contributed by atoms with Crippen molar-refractivity contribution in [3.05, 3.63) is 130 Å². The van der Waals surface area contributed by atoms with Gasteiger partial charge in [-0.1, -0.05) is 96.0 Å². The summed E-state index contributed by atoms with van der Waals surface area (Å²) >= 11 is 13.3. The van der Waals surface area contributed by atoms with Crippen LogP contribution in [0.5, 0.6) is 0 Å². The highest BCUT2D eigenvalue weighted by Crippen LogP contribution is 2.40. The lowest BCUT2D eigenvalue weighted by Crippen LogP contribution is -2.26. The average Bonchev–Trinajstić information content (AvgIpc) is 2.79. The third-order valence-corrected chi connectivity index (χ3v) is 5.69. The van der Waals surface area contributed by atoms with Crippen molar-refractivity contribution in [3.63, 3.8) is 0 Å². The molecule has 0 saturated carbocycles. The summed E-state index contributed by atoms with van der Waals surface area (Å²) in [5, 5.41) is 8.77. The smallest absolute Gasteiger partial charge is 0.0772 e. The molecule has 2 nitrogen and oxygen atoms in total. The van der Waals surface area contributed by atoms with Gasteiger partial charge in [-0.3, -0.25) is 0 Å². The minimum atomic E-state index is -0.166. The zero-order valence-corrected chi connectivity index (χ0v) is 17.8. The second-order valence-corrected chi connectivity index (χ2v) is 7.83. The summed E-state index contributed by atoms with van der Waals surface area (Å²) in [6.07, 6.45) is 0. The van der Waals surface area contributed by atoms with Gasteiger partial charge in [0.2, 0.25) is 0 Å². The van der Waals surface area contributed by atoms with E-state index in [0.717, 1.165) is 22.5 Å². The molecule has 4 rings (SSSR count). The molecular formula is C26H22Cl2N2. The molecule has 0 fully saturated rings. The molecular weight excluding hydrogens is 411 g/mol. The van der Waals surface area contributed by atoms with Crippen LogP contribution in [0.1, 0.15) is 23.2 Å². The Balaban J connectivity index is 1.83. The quantitative estimate of drug-likeness (QED) is 0.309. The molecule has 4 heteroatoms. The Morgan fingerprint density at radius 3 is 1.13 bits per heavy atom. The van der Waals surface area contributed by atoms with Crippen LogP contribution in [0.2, 0.25) is 10.0 Å². The Morgan fingerprint density at radius 2 is 0.767 bits per heavy atom. The van der Waals surface area contributed by atoms with Gasteiger partial charge >= 0.3 is 0 Å². The summed E-state index contributed by atoms with van der Waals surface area (Å²) in [5.74, 6) is 0. The highest BCUT2D eigenvalue weighted by atomic mass is 35.5. The van der Waals surface area contributed by atoms with Gasteiger partial charge in [0, 0.05) is 21.4 Å². The maximum atomic E-state index is 6.66. The van der Waals surface area contributed by atoms with Gasteiger partial charge in [-0.25, -0.2) is 0 Å². The molecule has 0 aliphatic heterocycles. The van der Waals surface area contributed by atoms with Gasteiger partial charge in [0.15, 0.2) is 0 Å². The zero-order chi connectivity index (χ0) is 20.8. The highest BCUT2D eigenvalue weighted by molar-refractivity contribution is 6.32. The molecule has 0 radical (unpaired) electrons. The standard InChI is InChI=1S/C26H22Cl2N2/c27-23-17-9-7-15-21(23)25(29-19-11-3-1-4-12-19)26(22-16-8-10-18-24(22)28)30-20-13-5-2-6-14-20/h1-18,25-26,29-30H. The molecule has 4 aromatic carbocycles. The highest BCUT2D eigenvalue weighted by Gasteiger charge is 2.28. The molecule has 2 N–H and O–H groups in total. The predicted octanol–water partition coefficient (Wildman–Crippen LogP) is 8.00. The lowest BCUT2D eigenvalue weighted by atomic mass is 9.92. The van der Waals surface area contributed by atoms with E-state index in [9.17, 15) is 0 Å². The van der Waals surface area contributed by atoms with Gasteiger partial charge in [0.25, 0.3) is 0 Å². The minimum absolute atomic E-state index is 0.166. The minimum Gasteiger partial charge on any atom is -0.376 e. The van der Waals surface area contributed by atoms with Crippen molar-refractivity contribution < 1.29 is 0 Å². The van der Waals surface area contributed by atoms with Crippen molar-refractivity contribution in [3.8, 4) is 0 Å². The molecule has 0 aromatic heterocycles. The maximum Gasteiger partial charge on any atom is 0.0772 e. The first-order chi connectivity index (χ1) is 14.7. The Kier molecular flexibility index (Phi) is 6.58. The number of nitrogens with one attached hydrogen (secondary N) is 2. The van der Waals surface area contributed by atoms with Crippen LogP contribution in [0.4, 0.5) is 11.4 Å². The normalized spacial score (nSPS) is 12.7. The summed E-state index contributed by atoms with van der Waals surface area (Å²) in [7, 11) is 0. The number of benzene rings is 4. The summed E-state index contributed by atoms with van der Waals surface area (Å²) in [5.41, 5.74) is 4.01.